The summed E-state index contributed by atoms with van der Waals surface area (Å²) in [5, 5.41) is 5.80. The van der Waals surface area contributed by atoms with E-state index in [1.54, 1.807) is 29.2 Å². The maximum atomic E-state index is 13.1. The normalized spacial score (nSPS) is 15.0. The molecule has 172 valence electrons. The Morgan fingerprint density at radius 1 is 1.00 bits per heavy atom. The van der Waals surface area contributed by atoms with Gasteiger partial charge in [-0.05, 0) is 44.2 Å². The first-order valence-electron chi connectivity index (χ1n) is 10.5. The van der Waals surface area contributed by atoms with Crippen molar-refractivity contribution in [3.05, 3.63) is 59.7 Å². The molecule has 1 heterocycles. The van der Waals surface area contributed by atoms with E-state index in [0.717, 1.165) is 12.1 Å². The summed E-state index contributed by atoms with van der Waals surface area (Å²) in [6.07, 6.45) is -4.45. The number of carbonyl (C=O) groups is 2. The fourth-order valence-electron chi connectivity index (χ4n) is 3.56. The molecule has 0 aliphatic carbocycles. The minimum atomic E-state index is -4.45. The Bertz CT molecular complexity index is 954. The van der Waals surface area contributed by atoms with Crippen molar-refractivity contribution in [3.8, 4) is 0 Å². The molecule has 0 radical (unpaired) electrons. The standard InChI is InChI=1S/C23H27F3N4O2/c1-16(2)27-21(31)15-29-10-12-30(13-11-29)22(32)19-8-3-4-9-20(19)28-18-7-5-6-17(14-18)23(24,25)26/h3-9,14,16,28H,10-13,15H2,1-2H3,(H,27,31). The van der Waals surface area contributed by atoms with Gasteiger partial charge in [0.2, 0.25) is 5.91 Å². The molecule has 2 amide bonds. The van der Waals surface area contributed by atoms with Gasteiger partial charge in [-0.25, -0.2) is 0 Å². The molecule has 0 unspecified atom stereocenters. The topological polar surface area (TPSA) is 64.7 Å². The van der Waals surface area contributed by atoms with Gasteiger partial charge in [-0.2, -0.15) is 13.2 Å². The van der Waals surface area contributed by atoms with E-state index in [4.69, 9.17) is 0 Å². The predicted molar refractivity (Wildman–Crippen MR) is 117 cm³/mol. The maximum Gasteiger partial charge on any atom is 0.416 e. The number of rotatable bonds is 6. The minimum absolute atomic E-state index is 0.0459. The number of carbonyl (C=O) groups excluding carboxylic acids is 2. The van der Waals surface area contributed by atoms with E-state index in [0.29, 0.717) is 37.4 Å². The molecule has 0 aromatic heterocycles. The summed E-state index contributed by atoms with van der Waals surface area (Å²) in [6, 6.07) is 11.7. The number of hydrogen-bond acceptors (Lipinski definition) is 4. The number of benzene rings is 2. The summed E-state index contributed by atoms with van der Waals surface area (Å²) < 4.78 is 39.0. The Labute approximate surface area is 185 Å². The average Bonchev–Trinajstić information content (AvgIpc) is 2.73. The first-order chi connectivity index (χ1) is 15.1. The van der Waals surface area contributed by atoms with Crippen LogP contribution >= 0.6 is 0 Å². The van der Waals surface area contributed by atoms with Gasteiger partial charge in [0.15, 0.2) is 0 Å². The van der Waals surface area contributed by atoms with E-state index in [1.165, 1.54) is 12.1 Å². The maximum absolute atomic E-state index is 13.1. The van der Waals surface area contributed by atoms with E-state index in [9.17, 15) is 22.8 Å². The summed E-state index contributed by atoms with van der Waals surface area (Å²) >= 11 is 0. The van der Waals surface area contributed by atoms with E-state index >= 15 is 0 Å². The number of para-hydroxylation sites is 1. The van der Waals surface area contributed by atoms with Crippen molar-refractivity contribution < 1.29 is 22.8 Å². The highest BCUT2D eigenvalue weighted by atomic mass is 19.4. The fourth-order valence-corrected chi connectivity index (χ4v) is 3.56. The number of hydrogen-bond donors (Lipinski definition) is 2. The van der Waals surface area contributed by atoms with E-state index in [-0.39, 0.29) is 30.1 Å². The molecule has 2 aromatic carbocycles. The lowest BCUT2D eigenvalue weighted by Crippen LogP contribution is -2.51. The predicted octanol–water partition coefficient (Wildman–Crippen LogP) is 3.73. The second kappa shape index (κ2) is 10.0. The second-order valence-electron chi connectivity index (χ2n) is 8.04. The molecule has 9 heteroatoms. The van der Waals surface area contributed by atoms with Crippen molar-refractivity contribution in [2.24, 2.45) is 0 Å². The van der Waals surface area contributed by atoms with Crippen LogP contribution < -0.4 is 10.6 Å². The zero-order chi connectivity index (χ0) is 23.3. The molecule has 2 aromatic rings. The summed E-state index contributed by atoms with van der Waals surface area (Å²) in [5.74, 6) is -0.248. The number of nitrogens with one attached hydrogen (secondary N) is 2. The van der Waals surface area contributed by atoms with Crippen LogP contribution in [0.5, 0.6) is 0 Å². The molecule has 6 nitrogen and oxygen atoms in total. The minimum Gasteiger partial charge on any atom is -0.355 e. The van der Waals surface area contributed by atoms with Gasteiger partial charge < -0.3 is 15.5 Å². The van der Waals surface area contributed by atoms with Gasteiger partial charge in [0, 0.05) is 37.9 Å². The third kappa shape index (κ3) is 6.23. The van der Waals surface area contributed by atoms with Crippen molar-refractivity contribution in [3.63, 3.8) is 0 Å². The van der Waals surface area contributed by atoms with Crippen LogP contribution in [-0.4, -0.2) is 60.4 Å². The van der Waals surface area contributed by atoms with Crippen molar-refractivity contribution in [2.45, 2.75) is 26.1 Å². The quantitative estimate of drug-likeness (QED) is 0.707. The Morgan fingerprint density at radius 3 is 2.34 bits per heavy atom. The molecule has 0 bridgehead atoms. The highest BCUT2D eigenvalue weighted by Crippen LogP contribution is 2.32. The molecule has 2 N–H and O–H groups in total. The lowest BCUT2D eigenvalue weighted by atomic mass is 10.1. The molecule has 3 rings (SSSR count). The monoisotopic (exact) mass is 448 g/mol. The zero-order valence-corrected chi connectivity index (χ0v) is 18.1. The number of anilines is 2. The molecule has 32 heavy (non-hydrogen) atoms. The van der Waals surface area contributed by atoms with E-state index in [1.807, 2.05) is 18.7 Å². The number of halogens is 3. The van der Waals surface area contributed by atoms with Crippen molar-refractivity contribution in [1.29, 1.82) is 0 Å². The van der Waals surface area contributed by atoms with Gasteiger partial charge in [0.1, 0.15) is 0 Å². The van der Waals surface area contributed by atoms with Gasteiger partial charge >= 0.3 is 6.18 Å². The van der Waals surface area contributed by atoms with Crippen LogP contribution in [0.3, 0.4) is 0 Å². The highest BCUT2D eigenvalue weighted by Gasteiger charge is 2.30. The number of alkyl halides is 3. The van der Waals surface area contributed by atoms with Crippen LogP contribution in [-0.2, 0) is 11.0 Å². The van der Waals surface area contributed by atoms with E-state index < -0.39 is 11.7 Å². The SMILES string of the molecule is CC(C)NC(=O)CN1CCN(C(=O)c2ccccc2Nc2cccc(C(F)(F)F)c2)CC1. The molecular weight excluding hydrogens is 421 g/mol. The average molecular weight is 448 g/mol. The highest BCUT2D eigenvalue weighted by molar-refractivity contribution is 6.00. The third-order valence-electron chi connectivity index (χ3n) is 5.10. The Balaban J connectivity index is 1.66. The van der Waals surface area contributed by atoms with Crippen LogP contribution in [0.25, 0.3) is 0 Å². The zero-order valence-electron chi connectivity index (χ0n) is 18.1. The fraction of sp³-hybridized carbons (Fsp3) is 0.391. The Morgan fingerprint density at radius 2 is 1.69 bits per heavy atom. The molecule has 1 fully saturated rings. The van der Waals surface area contributed by atoms with Gasteiger partial charge in [0.05, 0.1) is 23.4 Å². The lowest BCUT2D eigenvalue weighted by molar-refractivity contribution is -0.137. The number of piperazine rings is 1. The third-order valence-corrected chi connectivity index (χ3v) is 5.10. The van der Waals surface area contributed by atoms with Crippen molar-refractivity contribution in [2.75, 3.05) is 38.0 Å². The number of amides is 2. The lowest BCUT2D eigenvalue weighted by Gasteiger charge is -2.34. The molecular formula is C23H27F3N4O2. The summed E-state index contributed by atoms with van der Waals surface area (Å²) in [7, 11) is 0. The van der Waals surface area contributed by atoms with Crippen molar-refractivity contribution in [1.82, 2.24) is 15.1 Å². The van der Waals surface area contributed by atoms with Crippen molar-refractivity contribution >= 4 is 23.2 Å². The van der Waals surface area contributed by atoms with Crippen LogP contribution in [0, 0.1) is 0 Å². The van der Waals surface area contributed by atoms with E-state index in [2.05, 4.69) is 10.6 Å². The van der Waals surface area contributed by atoms with Gasteiger partial charge in [0.25, 0.3) is 5.91 Å². The van der Waals surface area contributed by atoms with Gasteiger partial charge in [-0.15, -0.1) is 0 Å². The first-order valence-corrected chi connectivity index (χ1v) is 10.5. The molecule has 0 saturated carbocycles. The molecule has 1 saturated heterocycles. The molecule has 1 aliphatic rings. The van der Waals surface area contributed by atoms with Crippen LogP contribution in [0.15, 0.2) is 48.5 Å². The summed E-state index contributed by atoms with van der Waals surface area (Å²) in [6.45, 7) is 6.16. The van der Waals surface area contributed by atoms with Crippen LogP contribution in [0.4, 0.5) is 24.5 Å². The number of nitrogens with zero attached hydrogens (tertiary/aromatic N) is 2. The van der Waals surface area contributed by atoms with Crippen LogP contribution in [0.2, 0.25) is 0 Å². The first kappa shape index (κ1) is 23.6. The molecule has 0 spiro atoms. The summed E-state index contributed by atoms with van der Waals surface area (Å²) in [4.78, 5) is 28.8. The Hall–Kier alpha value is -3.07. The molecule has 0 atom stereocenters. The second-order valence-corrected chi connectivity index (χ2v) is 8.04. The van der Waals surface area contributed by atoms with Crippen LogP contribution in [0.1, 0.15) is 29.8 Å². The smallest absolute Gasteiger partial charge is 0.355 e. The van der Waals surface area contributed by atoms with Gasteiger partial charge in [-0.1, -0.05) is 18.2 Å². The Kier molecular flexibility index (Phi) is 7.40. The molecule has 1 aliphatic heterocycles. The summed E-state index contributed by atoms with van der Waals surface area (Å²) in [5.41, 5.74) is 0.316. The largest absolute Gasteiger partial charge is 0.416 e. The van der Waals surface area contributed by atoms with Gasteiger partial charge in [-0.3, -0.25) is 14.5 Å².